The second-order valence-electron chi connectivity index (χ2n) is 8.07. The molecule has 7 heteroatoms. The molecule has 5 rings (SSSR count). The number of piperazine rings is 1. The molecule has 1 saturated heterocycles. The molecular weight excluding hydrogens is 432 g/mol. The maximum absolute atomic E-state index is 12.6. The number of pyridine rings is 1. The first kappa shape index (κ1) is 21.4. The minimum atomic E-state index is 0.0675. The molecule has 0 aliphatic carbocycles. The zero-order valence-corrected chi connectivity index (χ0v) is 19.2. The highest BCUT2D eigenvalue weighted by molar-refractivity contribution is 7.09. The summed E-state index contributed by atoms with van der Waals surface area (Å²) < 4.78 is 7.85. The Morgan fingerprint density at radius 3 is 2.64 bits per heavy atom. The Bertz CT molecular complexity index is 1190. The lowest BCUT2D eigenvalue weighted by atomic mass is 10.2. The van der Waals surface area contributed by atoms with Gasteiger partial charge in [-0.05, 0) is 47.4 Å². The van der Waals surface area contributed by atoms with Crippen LogP contribution < -0.4 is 4.74 Å². The van der Waals surface area contributed by atoms with Gasteiger partial charge in [0.25, 0.3) is 0 Å². The molecule has 1 aromatic carbocycles. The number of hydrogen-bond acceptors (Lipinski definition) is 5. The third-order valence-corrected chi connectivity index (χ3v) is 6.60. The molecule has 168 valence electrons. The van der Waals surface area contributed by atoms with Crippen LogP contribution in [0.25, 0.3) is 11.7 Å². The van der Waals surface area contributed by atoms with Crippen molar-refractivity contribution in [3.05, 3.63) is 94.6 Å². The number of carbonyl (C=O) groups excluding carboxylic acids is 1. The van der Waals surface area contributed by atoms with Gasteiger partial charge in [-0.15, -0.1) is 11.3 Å². The summed E-state index contributed by atoms with van der Waals surface area (Å²) in [5.41, 5.74) is 2.76. The van der Waals surface area contributed by atoms with Crippen LogP contribution in [0.2, 0.25) is 0 Å². The van der Waals surface area contributed by atoms with Gasteiger partial charge in [0.1, 0.15) is 18.0 Å². The fourth-order valence-electron chi connectivity index (χ4n) is 3.91. The molecule has 0 unspecified atom stereocenters. The van der Waals surface area contributed by atoms with Crippen LogP contribution in [0.4, 0.5) is 0 Å². The number of benzene rings is 1. The van der Waals surface area contributed by atoms with Crippen LogP contribution in [0.1, 0.15) is 16.1 Å². The number of thiophene rings is 1. The summed E-state index contributed by atoms with van der Waals surface area (Å²) in [6.07, 6.45) is 7.48. The Labute approximate surface area is 197 Å². The standard InChI is InChI=1S/C26H26N4O2S/c31-26(29-15-13-28(14-16-29)19-24-4-3-17-33-24)11-8-21-6-9-23(10-7-21)32-20-22-18-30-12-2-1-5-25(30)27-22/h1-12,17-18H,13-16,19-20H2/b11-8+. The molecule has 1 aliphatic heterocycles. The molecule has 4 aromatic rings. The average Bonchev–Trinajstić information content (AvgIpc) is 3.52. The van der Waals surface area contributed by atoms with Crippen molar-refractivity contribution in [1.82, 2.24) is 19.2 Å². The van der Waals surface area contributed by atoms with E-state index in [4.69, 9.17) is 4.74 Å². The maximum Gasteiger partial charge on any atom is 0.246 e. The van der Waals surface area contributed by atoms with Crippen molar-refractivity contribution in [1.29, 1.82) is 0 Å². The van der Waals surface area contributed by atoms with Crippen molar-refractivity contribution in [3.63, 3.8) is 0 Å². The second-order valence-corrected chi connectivity index (χ2v) is 9.10. The predicted molar refractivity (Wildman–Crippen MR) is 131 cm³/mol. The van der Waals surface area contributed by atoms with E-state index in [0.29, 0.717) is 6.61 Å². The van der Waals surface area contributed by atoms with Crippen LogP contribution in [0, 0.1) is 0 Å². The molecule has 33 heavy (non-hydrogen) atoms. The normalized spacial score (nSPS) is 14.8. The molecular formula is C26H26N4O2S. The molecule has 0 radical (unpaired) electrons. The predicted octanol–water partition coefficient (Wildman–Crippen LogP) is 4.33. The molecule has 0 N–H and O–H groups in total. The Hall–Kier alpha value is -3.42. The molecule has 4 heterocycles. The smallest absolute Gasteiger partial charge is 0.246 e. The van der Waals surface area contributed by atoms with E-state index in [1.165, 1.54) is 4.88 Å². The molecule has 1 aliphatic rings. The van der Waals surface area contributed by atoms with E-state index in [-0.39, 0.29) is 5.91 Å². The van der Waals surface area contributed by atoms with Gasteiger partial charge in [0.15, 0.2) is 0 Å². The Balaban J connectivity index is 1.09. The summed E-state index contributed by atoms with van der Waals surface area (Å²) in [5.74, 6) is 0.843. The highest BCUT2D eigenvalue weighted by Gasteiger charge is 2.19. The van der Waals surface area contributed by atoms with Gasteiger partial charge in [-0.2, -0.15) is 0 Å². The second kappa shape index (κ2) is 10.0. The van der Waals surface area contributed by atoms with Crippen LogP contribution >= 0.6 is 11.3 Å². The van der Waals surface area contributed by atoms with Gasteiger partial charge in [0.2, 0.25) is 5.91 Å². The summed E-state index contributed by atoms with van der Waals surface area (Å²) in [6, 6.07) is 17.9. The molecule has 1 amide bonds. The summed E-state index contributed by atoms with van der Waals surface area (Å²) in [4.78, 5) is 22.8. The minimum Gasteiger partial charge on any atom is -0.487 e. The van der Waals surface area contributed by atoms with Gasteiger partial charge in [-0.1, -0.05) is 24.3 Å². The SMILES string of the molecule is O=C(/C=C/c1ccc(OCc2cn3ccccc3n2)cc1)N1CCN(Cc2cccs2)CC1. The first-order chi connectivity index (χ1) is 16.2. The number of imidazole rings is 1. The van der Waals surface area contributed by atoms with E-state index in [9.17, 15) is 4.79 Å². The highest BCUT2D eigenvalue weighted by Crippen LogP contribution is 2.16. The number of fused-ring (bicyclic) bond motifs is 1. The minimum absolute atomic E-state index is 0.0675. The quantitative estimate of drug-likeness (QED) is 0.387. The van der Waals surface area contributed by atoms with E-state index in [0.717, 1.165) is 55.4 Å². The summed E-state index contributed by atoms with van der Waals surface area (Å²) in [5, 5.41) is 2.11. The maximum atomic E-state index is 12.6. The van der Waals surface area contributed by atoms with Gasteiger partial charge in [0.05, 0.1) is 5.69 Å². The average molecular weight is 459 g/mol. The molecule has 0 bridgehead atoms. The topological polar surface area (TPSA) is 50.1 Å². The fraction of sp³-hybridized carbons (Fsp3) is 0.231. The van der Waals surface area contributed by atoms with Crippen molar-refractivity contribution < 1.29 is 9.53 Å². The van der Waals surface area contributed by atoms with Crippen molar-refractivity contribution in [2.24, 2.45) is 0 Å². The highest BCUT2D eigenvalue weighted by atomic mass is 32.1. The summed E-state index contributed by atoms with van der Waals surface area (Å²) >= 11 is 1.79. The third-order valence-electron chi connectivity index (χ3n) is 5.74. The number of hydrogen-bond donors (Lipinski definition) is 0. The zero-order valence-electron chi connectivity index (χ0n) is 18.3. The van der Waals surface area contributed by atoms with Crippen LogP contribution in [-0.4, -0.2) is 51.3 Å². The Kier molecular flexibility index (Phi) is 6.51. The number of rotatable bonds is 7. The first-order valence-corrected chi connectivity index (χ1v) is 12.0. The van der Waals surface area contributed by atoms with Crippen LogP contribution in [-0.2, 0) is 17.9 Å². The zero-order chi connectivity index (χ0) is 22.5. The fourth-order valence-corrected chi connectivity index (χ4v) is 4.66. The number of amides is 1. The van der Waals surface area contributed by atoms with Gasteiger partial charge in [-0.25, -0.2) is 4.98 Å². The van der Waals surface area contributed by atoms with E-state index < -0.39 is 0 Å². The number of aromatic nitrogens is 2. The molecule has 1 fully saturated rings. The molecule has 3 aromatic heterocycles. The lowest BCUT2D eigenvalue weighted by molar-refractivity contribution is -0.127. The van der Waals surface area contributed by atoms with Crippen molar-refractivity contribution in [2.75, 3.05) is 26.2 Å². The van der Waals surface area contributed by atoms with E-state index in [1.807, 2.05) is 70.2 Å². The number of carbonyl (C=O) groups is 1. The summed E-state index contributed by atoms with van der Waals surface area (Å²) in [6.45, 7) is 4.75. The van der Waals surface area contributed by atoms with Gasteiger partial charge in [-0.3, -0.25) is 9.69 Å². The van der Waals surface area contributed by atoms with Gasteiger partial charge >= 0.3 is 0 Å². The van der Waals surface area contributed by atoms with Crippen molar-refractivity contribution >= 4 is 29.0 Å². The van der Waals surface area contributed by atoms with Gasteiger partial charge < -0.3 is 14.0 Å². The molecule has 6 nitrogen and oxygen atoms in total. The molecule has 0 atom stereocenters. The van der Waals surface area contributed by atoms with E-state index in [2.05, 4.69) is 27.4 Å². The Morgan fingerprint density at radius 2 is 1.88 bits per heavy atom. The third kappa shape index (κ3) is 5.50. The largest absolute Gasteiger partial charge is 0.487 e. The van der Waals surface area contributed by atoms with Crippen molar-refractivity contribution in [2.45, 2.75) is 13.2 Å². The van der Waals surface area contributed by atoms with Crippen LogP contribution in [0.15, 0.2) is 78.4 Å². The van der Waals surface area contributed by atoms with E-state index >= 15 is 0 Å². The van der Waals surface area contributed by atoms with Crippen LogP contribution in [0.3, 0.4) is 0 Å². The van der Waals surface area contributed by atoms with E-state index in [1.54, 1.807) is 17.4 Å². The van der Waals surface area contributed by atoms with Crippen molar-refractivity contribution in [3.8, 4) is 5.75 Å². The monoisotopic (exact) mass is 458 g/mol. The van der Waals surface area contributed by atoms with Crippen LogP contribution in [0.5, 0.6) is 5.75 Å². The summed E-state index contributed by atoms with van der Waals surface area (Å²) in [7, 11) is 0. The Morgan fingerprint density at radius 1 is 1.03 bits per heavy atom. The lowest BCUT2D eigenvalue weighted by Crippen LogP contribution is -2.47. The molecule has 0 spiro atoms. The van der Waals surface area contributed by atoms with Gasteiger partial charge in [0, 0.05) is 56.1 Å². The molecule has 0 saturated carbocycles. The number of nitrogens with zero attached hydrogens (tertiary/aromatic N) is 4. The number of ether oxygens (including phenoxy) is 1. The first-order valence-electron chi connectivity index (χ1n) is 11.1. The lowest BCUT2D eigenvalue weighted by Gasteiger charge is -2.33.